The van der Waals surface area contributed by atoms with Gasteiger partial charge in [0.15, 0.2) is 0 Å². The van der Waals surface area contributed by atoms with E-state index in [2.05, 4.69) is 25.7 Å². The SMILES string of the molecule is CCCCCN(CC1(CO)CCCCCC1)C(C)C. The van der Waals surface area contributed by atoms with Crippen LogP contribution in [0.4, 0.5) is 0 Å². The molecule has 1 rings (SSSR count). The molecule has 1 saturated carbocycles. The van der Waals surface area contributed by atoms with Gasteiger partial charge in [-0.05, 0) is 39.7 Å². The Labute approximate surface area is 120 Å². The van der Waals surface area contributed by atoms with Crippen LogP contribution in [0.3, 0.4) is 0 Å². The van der Waals surface area contributed by atoms with Crippen LogP contribution >= 0.6 is 0 Å². The molecule has 0 saturated heterocycles. The van der Waals surface area contributed by atoms with Gasteiger partial charge in [-0.15, -0.1) is 0 Å². The summed E-state index contributed by atoms with van der Waals surface area (Å²) < 4.78 is 0. The molecule has 1 fully saturated rings. The molecule has 0 bridgehead atoms. The highest BCUT2D eigenvalue weighted by Gasteiger charge is 2.32. The van der Waals surface area contributed by atoms with Gasteiger partial charge in [-0.25, -0.2) is 0 Å². The standard InChI is InChI=1S/C17H35NO/c1-4-5-10-13-18(16(2)3)14-17(15-19)11-8-6-7-9-12-17/h16,19H,4-15H2,1-3H3. The Kier molecular flexibility index (Phi) is 8.01. The van der Waals surface area contributed by atoms with Gasteiger partial charge in [0.2, 0.25) is 0 Å². The van der Waals surface area contributed by atoms with Crippen molar-refractivity contribution in [1.29, 1.82) is 0 Å². The van der Waals surface area contributed by atoms with Crippen molar-refractivity contribution in [3.05, 3.63) is 0 Å². The van der Waals surface area contributed by atoms with Crippen LogP contribution < -0.4 is 0 Å². The third-order valence-corrected chi connectivity index (χ3v) is 4.82. The first-order valence-electron chi connectivity index (χ1n) is 8.48. The quantitative estimate of drug-likeness (QED) is 0.527. The number of hydrogen-bond donors (Lipinski definition) is 1. The number of nitrogens with zero attached hydrogens (tertiary/aromatic N) is 1. The highest BCUT2D eigenvalue weighted by atomic mass is 16.3. The number of rotatable bonds is 8. The van der Waals surface area contributed by atoms with Crippen molar-refractivity contribution in [3.63, 3.8) is 0 Å². The molecule has 114 valence electrons. The highest BCUT2D eigenvalue weighted by molar-refractivity contribution is 4.85. The summed E-state index contributed by atoms with van der Waals surface area (Å²) in [6, 6.07) is 0.600. The van der Waals surface area contributed by atoms with Crippen LogP contribution in [0.2, 0.25) is 0 Å². The molecule has 1 aliphatic carbocycles. The molecule has 0 radical (unpaired) electrons. The first kappa shape index (κ1) is 17.0. The maximum absolute atomic E-state index is 9.94. The van der Waals surface area contributed by atoms with Crippen LogP contribution in [-0.2, 0) is 0 Å². The molecule has 0 aromatic rings. The van der Waals surface area contributed by atoms with Crippen LogP contribution in [0.5, 0.6) is 0 Å². The van der Waals surface area contributed by atoms with Crippen LogP contribution in [0, 0.1) is 5.41 Å². The molecular formula is C17H35NO. The maximum atomic E-state index is 9.94. The van der Waals surface area contributed by atoms with Crippen LogP contribution in [-0.4, -0.2) is 35.7 Å². The van der Waals surface area contributed by atoms with E-state index in [1.165, 1.54) is 64.3 Å². The van der Waals surface area contributed by atoms with Gasteiger partial charge < -0.3 is 10.0 Å². The van der Waals surface area contributed by atoms with Gasteiger partial charge in [0.05, 0.1) is 0 Å². The summed E-state index contributed by atoms with van der Waals surface area (Å²) in [6.45, 7) is 9.55. The number of hydrogen-bond acceptors (Lipinski definition) is 2. The van der Waals surface area contributed by atoms with Crippen molar-refractivity contribution in [2.75, 3.05) is 19.7 Å². The lowest BCUT2D eigenvalue weighted by molar-refractivity contribution is 0.0465. The van der Waals surface area contributed by atoms with Gasteiger partial charge in [0.25, 0.3) is 0 Å². The minimum atomic E-state index is 0.187. The zero-order valence-electron chi connectivity index (χ0n) is 13.5. The summed E-state index contributed by atoms with van der Waals surface area (Å²) >= 11 is 0. The summed E-state index contributed by atoms with van der Waals surface area (Å²) in [5.41, 5.74) is 0.187. The minimum absolute atomic E-state index is 0.187. The second kappa shape index (κ2) is 8.97. The molecule has 0 amide bonds. The predicted molar refractivity (Wildman–Crippen MR) is 83.5 cm³/mol. The van der Waals surface area contributed by atoms with Gasteiger partial charge >= 0.3 is 0 Å². The average molecular weight is 269 g/mol. The van der Waals surface area contributed by atoms with Crippen molar-refractivity contribution in [3.8, 4) is 0 Å². The molecule has 0 aromatic heterocycles. The van der Waals surface area contributed by atoms with Crippen molar-refractivity contribution >= 4 is 0 Å². The number of unbranched alkanes of at least 4 members (excludes halogenated alkanes) is 2. The lowest BCUT2D eigenvalue weighted by atomic mass is 9.80. The summed E-state index contributed by atoms with van der Waals surface area (Å²) in [7, 11) is 0. The maximum Gasteiger partial charge on any atom is 0.0499 e. The van der Waals surface area contributed by atoms with E-state index in [0.717, 1.165) is 6.54 Å². The van der Waals surface area contributed by atoms with E-state index < -0.39 is 0 Å². The fourth-order valence-electron chi connectivity index (χ4n) is 3.36. The Hall–Kier alpha value is -0.0800. The molecule has 1 N–H and O–H groups in total. The minimum Gasteiger partial charge on any atom is -0.396 e. The van der Waals surface area contributed by atoms with Crippen molar-refractivity contribution in [2.45, 2.75) is 84.6 Å². The van der Waals surface area contributed by atoms with Gasteiger partial charge in [0.1, 0.15) is 0 Å². The predicted octanol–water partition coefficient (Wildman–Crippen LogP) is 4.22. The fraction of sp³-hybridized carbons (Fsp3) is 1.00. The topological polar surface area (TPSA) is 23.5 Å². The monoisotopic (exact) mass is 269 g/mol. The molecule has 0 heterocycles. The molecule has 0 unspecified atom stereocenters. The molecule has 0 spiro atoms. The zero-order valence-corrected chi connectivity index (χ0v) is 13.5. The summed E-state index contributed by atoms with van der Waals surface area (Å²) in [5, 5.41) is 9.94. The van der Waals surface area contributed by atoms with Crippen LogP contribution in [0.15, 0.2) is 0 Å². The van der Waals surface area contributed by atoms with Gasteiger partial charge in [0, 0.05) is 24.6 Å². The van der Waals surface area contributed by atoms with E-state index in [1.807, 2.05) is 0 Å². The smallest absolute Gasteiger partial charge is 0.0499 e. The number of aliphatic hydroxyl groups is 1. The lowest BCUT2D eigenvalue weighted by Crippen LogP contribution is -2.43. The average Bonchev–Trinajstić information content (AvgIpc) is 2.64. The first-order valence-corrected chi connectivity index (χ1v) is 8.48. The lowest BCUT2D eigenvalue weighted by Gasteiger charge is -2.38. The van der Waals surface area contributed by atoms with Gasteiger partial charge in [-0.2, -0.15) is 0 Å². The van der Waals surface area contributed by atoms with Crippen molar-refractivity contribution in [2.24, 2.45) is 5.41 Å². The van der Waals surface area contributed by atoms with E-state index in [-0.39, 0.29) is 5.41 Å². The first-order chi connectivity index (χ1) is 9.13. The van der Waals surface area contributed by atoms with E-state index in [1.54, 1.807) is 0 Å². The normalized spacial score (nSPS) is 19.9. The molecular weight excluding hydrogens is 234 g/mol. The molecule has 1 aliphatic rings. The Balaban J connectivity index is 2.57. The van der Waals surface area contributed by atoms with Gasteiger partial charge in [-0.3, -0.25) is 0 Å². The molecule has 0 aromatic carbocycles. The Bertz CT molecular complexity index is 219. The van der Waals surface area contributed by atoms with E-state index >= 15 is 0 Å². The fourth-order valence-corrected chi connectivity index (χ4v) is 3.36. The van der Waals surface area contributed by atoms with Crippen LogP contribution in [0.25, 0.3) is 0 Å². The Morgan fingerprint density at radius 3 is 2.16 bits per heavy atom. The van der Waals surface area contributed by atoms with E-state index in [0.29, 0.717) is 12.6 Å². The summed E-state index contributed by atoms with van der Waals surface area (Å²) in [4.78, 5) is 2.61. The summed E-state index contributed by atoms with van der Waals surface area (Å²) in [6.07, 6.45) is 11.7. The van der Waals surface area contributed by atoms with Gasteiger partial charge in [-0.1, -0.05) is 45.4 Å². The van der Waals surface area contributed by atoms with E-state index in [4.69, 9.17) is 0 Å². The molecule has 2 heteroatoms. The molecule has 0 atom stereocenters. The largest absolute Gasteiger partial charge is 0.396 e. The third kappa shape index (κ3) is 5.83. The zero-order chi connectivity index (χ0) is 14.1. The summed E-state index contributed by atoms with van der Waals surface area (Å²) in [5.74, 6) is 0. The van der Waals surface area contributed by atoms with Crippen molar-refractivity contribution in [1.82, 2.24) is 4.90 Å². The van der Waals surface area contributed by atoms with E-state index in [9.17, 15) is 5.11 Å². The highest BCUT2D eigenvalue weighted by Crippen LogP contribution is 2.36. The third-order valence-electron chi connectivity index (χ3n) is 4.82. The Morgan fingerprint density at radius 1 is 1.05 bits per heavy atom. The molecule has 2 nitrogen and oxygen atoms in total. The molecule has 0 aliphatic heterocycles. The Morgan fingerprint density at radius 2 is 1.68 bits per heavy atom. The second-order valence-electron chi connectivity index (χ2n) is 6.84. The van der Waals surface area contributed by atoms with Crippen LogP contribution in [0.1, 0.15) is 78.6 Å². The molecule has 19 heavy (non-hydrogen) atoms. The number of aliphatic hydroxyl groups excluding tert-OH is 1. The van der Waals surface area contributed by atoms with Crippen molar-refractivity contribution < 1.29 is 5.11 Å². The second-order valence-corrected chi connectivity index (χ2v) is 6.84.